The van der Waals surface area contributed by atoms with Crippen molar-refractivity contribution in [1.29, 1.82) is 0 Å². The maximum absolute atomic E-state index is 11.8. The maximum Gasteiger partial charge on any atom is 0.236 e. The van der Waals surface area contributed by atoms with E-state index in [1.54, 1.807) is 0 Å². The summed E-state index contributed by atoms with van der Waals surface area (Å²) in [6, 6.07) is 7.30. The zero-order valence-corrected chi connectivity index (χ0v) is 13.9. The van der Waals surface area contributed by atoms with Gasteiger partial charge in [-0.2, -0.15) is 0 Å². The monoisotopic (exact) mass is 318 g/mol. The molecule has 1 amide bonds. The average molecular weight is 319 g/mol. The number of halogens is 2. The van der Waals surface area contributed by atoms with Crippen molar-refractivity contribution >= 4 is 29.9 Å². The van der Waals surface area contributed by atoms with Crippen LogP contribution in [0.4, 0.5) is 0 Å². The molecule has 1 aromatic rings. The standard InChI is InChI=1S/C15H23ClN2O.ClH/c1-4-6-13(17)14(19)18-10-15(2,3)11-7-5-8-12(16)9-11;/h5,7-9,13H,4,6,10,17H2,1-3H3,(H,18,19);1H. The molecule has 0 aromatic heterocycles. The number of amides is 1. The molecule has 1 unspecified atom stereocenters. The predicted octanol–water partition coefficient (Wildman–Crippen LogP) is 3.28. The molecule has 0 aliphatic carbocycles. The molecule has 1 aromatic carbocycles. The number of carbonyl (C=O) groups is 1. The van der Waals surface area contributed by atoms with Gasteiger partial charge in [0.2, 0.25) is 5.91 Å². The topological polar surface area (TPSA) is 55.1 Å². The minimum absolute atomic E-state index is 0. The Labute approximate surface area is 132 Å². The molecule has 0 saturated carbocycles. The van der Waals surface area contributed by atoms with Crippen LogP contribution in [-0.2, 0) is 10.2 Å². The van der Waals surface area contributed by atoms with Crippen molar-refractivity contribution in [2.24, 2.45) is 5.73 Å². The lowest BCUT2D eigenvalue weighted by Crippen LogP contribution is -2.45. The Kier molecular flexibility index (Phi) is 8.17. The first-order valence-corrected chi connectivity index (χ1v) is 7.04. The van der Waals surface area contributed by atoms with Gasteiger partial charge in [0.05, 0.1) is 6.04 Å². The Morgan fingerprint density at radius 1 is 1.45 bits per heavy atom. The van der Waals surface area contributed by atoms with E-state index in [0.29, 0.717) is 18.0 Å². The van der Waals surface area contributed by atoms with Crippen LogP contribution in [0.2, 0.25) is 5.02 Å². The number of hydrogen-bond donors (Lipinski definition) is 2. The lowest BCUT2D eigenvalue weighted by molar-refractivity contribution is -0.122. The first-order valence-electron chi connectivity index (χ1n) is 6.66. The third-order valence-corrected chi connectivity index (χ3v) is 3.48. The molecule has 0 spiro atoms. The smallest absolute Gasteiger partial charge is 0.236 e. The fourth-order valence-corrected chi connectivity index (χ4v) is 2.08. The molecule has 3 N–H and O–H groups in total. The van der Waals surface area contributed by atoms with Gasteiger partial charge < -0.3 is 11.1 Å². The van der Waals surface area contributed by atoms with Crippen LogP contribution in [0.5, 0.6) is 0 Å². The molecule has 0 aliphatic heterocycles. The molecule has 20 heavy (non-hydrogen) atoms. The fraction of sp³-hybridized carbons (Fsp3) is 0.533. The van der Waals surface area contributed by atoms with Crippen LogP contribution < -0.4 is 11.1 Å². The van der Waals surface area contributed by atoms with Gasteiger partial charge in [-0.1, -0.05) is 50.9 Å². The van der Waals surface area contributed by atoms with Crippen LogP contribution in [-0.4, -0.2) is 18.5 Å². The van der Waals surface area contributed by atoms with E-state index in [0.717, 1.165) is 12.0 Å². The summed E-state index contributed by atoms with van der Waals surface area (Å²) in [5.74, 6) is -0.0862. The quantitative estimate of drug-likeness (QED) is 0.845. The number of hydrogen-bond acceptors (Lipinski definition) is 2. The number of nitrogens with two attached hydrogens (primary N) is 1. The third kappa shape index (κ3) is 5.70. The third-order valence-electron chi connectivity index (χ3n) is 3.25. The van der Waals surface area contributed by atoms with Crippen molar-refractivity contribution in [2.75, 3.05) is 6.54 Å². The maximum atomic E-state index is 11.8. The Balaban J connectivity index is 0.00000361. The minimum atomic E-state index is -0.417. The van der Waals surface area contributed by atoms with Crippen LogP contribution in [0.15, 0.2) is 24.3 Å². The van der Waals surface area contributed by atoms with E-state index in [2.05, 4.69) is 19.2 Å². The van der Waals surface area contributed by atoms with Gasteiger partial charge in [0.15, 0.2) is 0 Å². The number of benzene rings is 1. The molecule has 5 heteroatoms. The fourth-order valence-electron chi connectivity index (χ4n) is 1.89. The second kappa shape index (κ2) is 8.50. The molecular formula is C15H24Cl2N2O. The molecule has 0 radical (unpaired) electrons. The number of carbonyl (C=O) groups excluding carboxylic acids is 1. The van der Waals surface area contributed by atoms with Crippen LogP contribution in [0.1, 0.15) is 39.2 Å². The first-order chi connectivity index (χ1) is 8.86. The minimum Gasteiger partial charge on any atom is -0.354 e. The Hall–Kier alpha value is -0.770. The Morgan fingerprint density at radius 2 is 2.10 bits per heavy atom. The molecule has 0 saturated heterocycles. The van der Waals surface area contributed by atoms with Gasteiger partial charge in [-0.3, -0.25) is 4.79 Å². The average Bonchev–Trinajstić information content (AvgIpc) is 2.36. The molecule has 0 heterocycles. The van der Waals surface area contributed by atoms with Crippen LogP contribution in [0.3, 0.4) is 0 Å². The lowest BCUT2D eigenvalue weighted by atomic mass is 9.84. The highest BCUT2D eigenvalue weighted by Crippen LogP contribution is 2.24. The lowest BCUT2D eigenvalue weighted by Gasteiger charge is -2.26. The molecule has 1 rings (SSSR count). The van der Waals surface area contributed by atoms with Crippen molar-refractivity contribution in [2.45, 2.75) is 45.1 Å². The van der Waals surface area contributed by atoms with Gasteiger partial charge in [-0.25, -0.2) is 0 Å². The summed E-state index contributed by atoms with van der Waals surface area (Å²) in [6.45, 7) is 6.71. The summed E-state index contributed by atoms with van der Waals surface area (Å²) in [7, 11) is 0. The van der Waals surface area contributed by atoms with E-state index in [4.69, 9.17) is 17.3 Å². The van der Waals surface area contributed by atoms with Crippen molar-refractivity contribution in [3.8, 4) is 0 Å². The largest absolute Gasteiger partial charge is 0.354 e. The summed E-state index contributed by atoms with van der Waals surface area (Å²) in [5, 5.41) is 3.63. The molecular weight excluding hydrogens is 295 g/mol. The first kappa shape index (κ1) is 19.2. The second-order valence-electron chi connectivity index (χ2n) is 5.51. The molecule has 1 atom stereocenters. The van der Waals surface area contributed by atoms with Crippen molar-refractivity contribution in [3.63, 3.8) is 0 Å². The van der Waals surface area contributed by atoms with E-state index >= 15 is 0 Å². The molecule has 0 aliphatic rings. The van der Waals surface area contributed by atoms with E-state index in [-0.39, 0.29) is 23.7 Å². The van der Waals surface area contributed by atoms with Crippen molar-refractivity contribution in [3.05, 3.63) is 34.9 Å². The molecule has 3 nitrogen and oxygen atoms in total. The Morgan fingerprint density at radius 3 is 2.65 bits per heavy atom. The summed E-state index contributed by atoms with van der Waals surface area (Å²) < 4.78 is 0. The number of nitrogens with one attached hydrogen (secondary N) is 1. The summed E-state index contributed by atoms with van der Waals surface area (Å²) in [6.07, 6.45) is 1.62. The van der Waals surface area contributed by atoms with E-state index < -0.39 is 6.04 Å². The highest BCUT2D eigenvalue weighted by molar-refractivity contribution is 6.30. The Bertz CT molecular complexity index is 436. The summed E-state index contributed by atoms with van der Waals surface area (Å²) in [5.41, 5.74) is 6.71. The molecule has 0 bridgehead atoms. The van der Waals surface area contributed by atoms with Crippen molar-refractivity contribution < 1.29 is 4.79 Å². The van der Waals surface area contributed by atoms with Gasteiger partial charge in [0.25, 0.3) is 0 Å². The van der Waals surface area contributed by atoms with Crippen LogP contribution in [0, 0.1) is 0 Å². The second-order valence-corrected chi connectivity index (χ2v) is 5.94. The highest BCUT2D eigenvalue weighted by Gasteiger charge is 2.23. The van der Waals surface area contributed by atoms with Gasteiger partial charge in [-0.05, 0) is 24.1 Å². The van der Waals surface area contributed by atoms with E-state index in [1.165, 1.54) is 0 Å². The molecule has 0 fully saturated rings. The van der Waals surface area contributed by atoms with Gasteiger partial charge in [0.1, 0.15) is 0 Å². The zero-order valence-electron chi connectivity index (χ0n) is 12.3. The SMILES string of the molecule is CCCC(N)C(=O)NCC(C)(C)c1cccc(Cl)c1.Cl. The van der Waals surface area contributed by atoms with Gasteiger partial charge in [0, 0.05) is 17.0 Å². The van der Waals surface area contributed by atoms with Crippen LogP contribution in [0.25, 0.3) is 0 Å². The van der Waals surface area contributed by atoms with Gasteiger partial charge in [-0.15, -0.1) is 12.4 Å². The zero-order chi connectivity index (χ0) is 14.5. The predicted molar refractivity (Wildman–Crippen MR) is 87.6 cm³/mol. The van der Waals surface area contributed by atoms with E-state index in [1.807, 2.05) is 31.2 Å². The normalized spacial score (nSPS) is 12.4. The van der Waals surface area contributed by atoms with Gasteiger partial charge >= 0.3 is 0 Å². The van der Waals surface area contributed by atoms with Crippen LogP contribution >= 0.6 is 24.0 Å². The highest BCUT2D eigenvalue weighted by atomic mass is 35.5. The van der Waals surface area contributed by atoms with E-state index in [9.17, 15) is 4.79 Å². The summed E-state index contributed by atoms with van der Waals surface area (Å²) >= 11 is 6.00. The summed E-state index contributed by atoms with van der Waals surface area (Å²) in [4.78, 5) is 11.8. The molecule has 114 valence electrons. The van der Waals surface area contributed by atoms with Crippen molar-refractivity contribution in [1.82, 2.24) is 5.32 Å². The number of rotatable bonds is 6.